The maximum Gasteiger partial charge on any atom is 0.407 e. The number of rotatable bonds is 10. The Morgan fingerprint density at radius 1 is 0.828 bits per heavy atom. The van der Waals surface area contributed by atoms with Crippen LogP contribution in [0, 0.1) is 11.3 Å². The van der Waals surface area contributed by atoms with Crippen molar-refractivity contribution in [3.63, 3.8) is 0 Å². The van der Waals surface area contributed by atoms with Crippen molar-refractivity contribution in [2.24, 2.45) is 11.3 Å². The molecule has 0 radical (unpaired) electrons. The molecule has 14 heteroatoms. The van der Waals surface area contributed by atoms with E-state index in [1.807, 2.05) is 29.1 Å². The van der Waals surface area contributed by atoms with Gasteiger partial charge in [-0.3, -0.25) is 9.59 Å². The van der Waals surface area contributed by atoms with Crippen LogP contribution in [0.5, 0.6) is 0 Å². The third-order valence-electron chi connectivity index (χ3n) is 12.8. The summed E-state index contributed by atoms with van der Waals surface area (Å²) in [6.07, 6.45) is 8.92. The first-order valence-corrected chi connectivity index (χ1v) is 20.2. The van der Waals surface area contributed by atoms with Crippen LogP contribution in [0.3, 0.4) is 0 Å². The lowest BCUT2D eigenvalue weighted by atomic mass is 9.97. The number of ether oxygens (including phenoxy) is 2. The summed E-state index contributed by atoms with van der Waals surface area (Å²) >= 11 is 0. The van der Waals surface area contributed by atoms with E-state index in [0.717, 1.165) is 94.6 Å². The summed E-state index contributed by atoms with van der Waals surface area (Å²) < 4.78 is 9.42. The zero-order valence-corrected chi connectivity index (χ0v) is 32.9. The second-order valence-electron chi connectivity index (χ2n) is 16.3. The quantitative estimate of drug-likeness (QED) is 0.119. The number of nitrogens with zero attached hydrogens (tertiary/aromatic N) is 4. The van der Waals surface area contributed by atoms with Gasteiger partial charge in [0.25, 0.3) is 0 Å². The van der Waals surface area contributed by atoms with Gasteiger partial charge in [0.05, 0.1) is 50.1 Å². The molecule has 4 N–H and O–H groups in total. The number of hydrogen-bond acceptors (Lipinski definition) is 8. The Kier molecular flexibility index (Phi) is 9.65. The molecule has 2 aliphatic carbocycles. The van der Waals surface area contributed by atoms with Gasteiger partial charge in [0.15, 0.2) is 0 Å². The minimum Gasteiger partial charge on any atom is -0.453 e. The normalized spacial score (nSPS) is 22.0. The number of aromatic nitrogens is 4. The largest absolute Gasteiger partial charge is 0.453 e. The summed E-state index contributed by atoms with van der Waals surface area (Å²) in [5.74, 6) is 1.63. The molecule has 2 aromatic heterocycles. The van der Waals surface area contributed by atoms with Crippen LogP contribution >= 0.6 is 0 Å². The number of likely N-dealkylation sites (tertiary alicyclic amines) is 2. The van der Waals surface area contributed by atoms with Gasteiger partial charge in [-0.05, 0) is 95.9 Å². The van der Waals surface area contributed by atoms with Crippen LogP contribution < -0.4 is 10.6 Å². The number of amides is 4. The number of imidazole rings is 2. The summed E-state index contributed by atoms with van der Waals surface area (Å²) in [4.78, 5) is 70.8. The molecule has 2 bridgehead atoms. The first-order valence-electron chi connectivity index (χ1n) is 20.2. The van der Waals surface area contributed by atoms with Gasteiger partial charge < -0.3 is 39.9 Å². The zero-order chi connectivity index (χ0) is 40.1. The Hall–Kier alpha value is -6.18. The maximum absolute atomic E-state index is 13.7. The number of alkyl carbamates (subject to hydrolysis) is 2. The van der Waals surface area contributed by atoms with Gasteiger partial charge in [0.1, 0.15) is 24.2 Å². The SMILES string of the molecule is CC[C@H](NC(=O)OC)C(=O)N1[C@@H]2CC[C@@H](C2)[C@H]1c1ncc(-c2ccc(-c3ccc4cc(-c5cnc([C@@H]6CC7(CC7)CN6C(=O)CNC(=O)OC)[nH]5)ccc4c3)cc2)[nH]1. The molecule has 2 aliphatic heterocycles. The fourth-order valence-electron chi connectivity index (χ4n) is 9.52. The Labute approximate surface area is 336 Å². The Bertz CT molecular complexity index is 2380. The lowest BCUT2D eigenvalue weighted by molar-refractivity contribution is -0.138. The van der Waals surface area contributed by atoms with Gasteiger partial charge >= 0.3 is 12.2 Å². The summed E-state index contributed by atoms with van der Waals surface area (Å²) in [6, 6.07) is 20.4. The van der Waals surface area contributed by atoms with Crippen LogP contribution in [-0.4, -0.2) is 93.1 Å². The van der Waals surface area contributed by atoms with Crippen LogP contribution in [0.25, 0.3) is 44.4 Å². The number of hydrogen-bond donors (Lipinski definition) is 4. The molecule has 1 spiro atoms. The molecule has 300 valence electrons. The molecule has 14 nitrogen and oxygen atoms in total. The predicted octanol–water partition coefficient (Wildman–Crippen LogP) is 6.88. The zero-order valence-electron chi connectivity index (χ0n) is 32.9. The van der Waals surface area contributed by atoms with Crippen molar-refractivity contribution >= 4 is 34.8 Å². The summed E-state index contributed by atoms with van der Waals surface area (Å²) in [7, 11) is 2.58. The Morgan fingerprint density at radius 3 is 2.17 bits per heavy atom. The minimum atomic E-state index is -0.647. The van der Waals surface area contributed by atoms with Gasteiger partial charge in [-0.2, -0.15) is 0 Å². The van der Waals surface area contributed by atoms with Gasteiger partial charge in [0, 0.05) is 18.2 Å². The van der Waals surface area contributed by atoms with Crippen LogP contribution in [0.2, 0.25) is 0 Å². The van der Waals surface area contributed by atoms with E-state index in [1.54, 1.807) is 0 Å². The van der Waals surface area contributed by atoms with Gasteiger partial charge in [-0.25, -0.2) is 19.6 Å². The van der Waals surface area contributed by atoms with Crippen LogP contribution in [0.15, 0.2) is 73.1 Å². The topological polar surface area (TPSA) is 175 Å². The fraction of sp³-hybridized carbons (Fsp3) is 0.409. The van der Waals surface area contributed by atoms with E-state index in [-0.39, 0.29) is 41.9 Å². The average molecular weight is 785 g/mol. The van der Waals surface area contributed by atoms with Crippen molar-refractivity contribution in [2.75, 3.05) is 27.3 Å². The number of aromatic amines is 2. The fourth-order valence-corrected chi connectivity index (χ4v) is 9.52. The molecule has 58 heavy (non-hydrogen) atoms. The van der Waals surface area contributed by atoms with Crippen molar-refractivity contribution in [3.8, 4) is 33.6 Å². The molecule has 5 aromatic rings. The number of carbonyl (C=O) groups is 4. The molecular formula is C44H48N8O6. The van der Waals surface area contributed by atoms with E-state index in [4.69, 9.17) is 14.7 Å². The van der Waals surface area contributed by atoms with E-state index >= 15 is 0 Å². The molecule has 9 rings (SSSR count). The molecule has 3 aromatic carbocycles. The second-order valence-corrected chi connectivity index (χ2v) is 16.3. The molecule has 2 saturated carbocycles. The highest BCUT2D eigenvalue weighted by Gasteiger charge is 2.54. The summed E-state index contributed by atoms with van der Waals surface area (Å²) in [5.41, 5.74) is 6.12. The molecule has 4 aliphatic rings. The Morgan fingerprint density at radius 2 is 1.47 bits per heavy atom. The van der Waals surface area contributed by atoms with E-state index in [0.29, 0.717) is 18.9 Å². The first-order chi connectivity index (χ1) is 28.2. The van der Waals surface area contributed by atoms with Gasteiger partial charge in [0.2, 0.25) is 11.8 Å². The molecule has 5 atom stereocenters. The number of nitrogens with one attached hydrogen (secondary N) is 4. The number of carbonyl (C=O) groups excluding carboxylic acids is 4. The number of H-pyrrole nitrogens is 2. The molecule has 4 heterocycles. The first kappa shape index (κ1) is 37.4. The van der Waals surface area contributed by atoms with Crippen molar-refractivity contribution in [1.82, 2.24) is 40.4 Å². The highest BCUT2D eigenvalue weighted by atomic mass is 16.5. The third kappa shape index (κ3) is 6.94. The second kappa shape index (κ2) is 15.0. The summed E-state index contributed by atoms with van der Waals surface area (Å²) in [6.45, 7) is 2.45. The Balaban J connectivity index is 0.884. The molecule has 4 fully saturated rings. The van der Waals surface area contributed by atoms with E-state index < -0.39 is 18.2 Å². The average Bonchev–Trinajstić information content (AvgIpc) is 3.89. The van der Waals surface area contributed by atoms with Crippen molar-refractivity contribution in [2.45, 2.75) is 76.0 Å². The maximum atomic E-state index is 13.7. The van der Waals surface area contributed by atoms with E-state index in [2.05, 4.69) is 86.0 Å². The molecule has 2 saturated heterocycles. The van der Waals surface area contributed by atoms with Crippen molar-refractivity contribution in [3.05, 3.63) is 84.7 Å². The van der Waals surface area contributed by atoms with Crippen LogP contribution in [-0.2, 0) is 19.1 Å². The third-order valence-corrected chi connectivity index (χ3v) is 12.8. The number of methoxy groups -OCH3 is 2. The molecule has 4 amide bonds. The number of piperidine rings is 1. The van der Waals surface area contributed by atoms with Crippen molar-refractivity contribution in [1.29, 1.82) is 0 Å². The summed E-state index contributed by atoms with van der Waals surface area (Å²) in [5, 5.41) is 7.44. The van der Waals surface area contributed by atoms with Crippen molar-refractivity contribution < 1.29 is 28.7 Å². The predicted molar refractivity (Wildman–Crippen MR) is 216 cm³/mol. The molecular weight excluding hydrogens is 737 g/mol. The van der Waals surface area contributed by atoms with Gasteiger partial charge in [-0.15, -0.1) is 0 Å². The monoisotopic (exact) mass is 784 g/mol. The van der Waals surface area contributed by atoms with E-state index in [1.165, 1.54) is 14.2 Å². The van der Waals surface area contributed by atoms with Crippen LogP contribution in [0.4, 0.5) is 9.59 Å². The van der Waals surface area contributed by atoms with E-state index in [9.17, 15) is 19.2 Å². The minimum absolute atomic E-state index is 0.0882. The smallest absolute Gasteiger partial charge is 0.407 e. The lowest BCUT2D eigenvalue weighted by Crippen LogP contribution is -2.51. The lowest BCUT2D eigenvalue weighted by Gasteiger charge is -2.36. The molecule has 0 unspecified atom stereocenters. The van der Waals surface area contributed by atoms with Gasteiger partial charge in [-0.1, -0.05) is 55.5 Å². The highest BCUT2D eigenvalue weighted by Crippen LogP contribution is 2.58. The number of fused-ring (bicyclic) bond motifs is 3. The number of benzene rings is 3. The standard InChI is InChI=1S/C44H48N8O6/c1-4-33(50-43(56)58-3)41(54)52-32-14-13-31(19-32)38(52)40-46-21-34(49-40)26-7-5-25(6-8-26)27-9-10-29-18-30(12-11-28(29)17-27)35-22-45-39(48-35)36-20-44(15-16-44)24-51(36)37(53)23-47-42(55)57-2/h5-12,17-18,21-22,31-33,36,38H,4,13-16,19-20,23-24H2,1-3H3,(H,45,48)(H,46,49)(H,47,55)(H,50,56)/t31-,32+,33-,36-,38-/m0/s1. The highest BCUT2D eigenvalue weighted by molar-refractivity contribution is 5.91. The van der Waals surface area contributed by atoms with Crippen LogP contribution in [0.1, 0.15) is 75.6 Å².